The molecule has 1 atom stereocenters. The van der Waals surface area contributed by atoms with E-state index in [1.807, 2.05) is 13.8 Å². The Morgan fingerprint density at radius 2 is 2.33 bits per heavy atom. The minimum atomic E-state index is -0.844. The molecule has 0 aromatic rings. The number of aliphatic carboxylic acids is 1. The Bertz CT molecular complexity index is 166. The predicted octanol–water partition coefficient (Wildman–Crippen LogP) is 0.655. The Morgan fingerprint density at radius 1 is 1.67 bits per heavy atom. The van der Waals surface area contributed by atoms with E-state index in [4.69, 9.17) is 14.6 Å². The zero-order valence-corrected chi connectivity index (χ0v) is 7.37. The van der Waals surface area contributed by atoms with E-state index in [0.29, 0.717) is 13.2 Å². The van der Waals surface area contributed by atoms with Crippen molar-refractivity contribution in [3.05, 3.63) is 0 Å². The number of carboxylic acids is 1. The quantitative estimate of drug-likeness (QED) is 0.668. The van der Waals surface area contributed by atoms with Gasteiger partial charge in [-0.1, -0.05) is 0 Å². The van der Waals surface area contributed by atoms with E-state index < -0.39 is 5.97 Å². The summed E-state index contributed by atoms with van der Waals surface area (Å²) in [7, 11) is 0. The van der Waals surface area contributed by atoms with Crippen LogP contribution in [0.15, 0.2) is 0 Å². The van der Waals surface area contributed by atoms with Crippen LogP contribution >= 0.6 is 0 Å². The van der Waals surface area contributed by atoms with Crippen molar-refractivity contribution in [3.63, 3.8) is 0 Å². The van der Waals surface area contributed by atoms with E-state index in [-0.39, 0.29) is 18.1 Å². The van der Waals surface area contributed by atoms with E-state index in [1.165, 1.54) is 0 Å². The van der Waals surface area contributed by atoms with Crippen LogP contribution in [0, 0.1) is 0 Å². The highest BCUT2D eigenvalue weighted by Crippen LogP contribution is 2.18. The van der Waals surface area contributed by atoms with Gasteiger partial charge >= 0.3 is 5.97 Å². The largest absolute Gasteiger partial charge is 0.481 e. The highest BCUT2D eigenvalue weighted by atomic mass is 16.6. The lowest BCUT2D eigenvalue weighted by atomic mass is 10.1. The van der Waals surface area contributed by atoms with Gasteiger partial charge in [0.25, 0.3) is 0 Å². The highest BCUT2D eigenvalue weighted by molar-refractivity contribution is 5.67. The van der Waals surface area contributed by atoms with E-state index in [0.717, 1.165) is 0 Å². The molecule has 1 aliphatic heterocycles. The Kier molecular flexibility index (Phi) is 2.69. The summed E-state index contributed by atoms with van der Waals surface area (Å²) in [5.41, 5.74) is -0.269. The maximum atomic E-state index is 10.3. The smallest absolute Gasteiger partial charge is 0.306 e. The molecule has 0 aliphatic carbocycles. The summed E-state index contributed by atoms with van der Waals surface area (Å²) in [6, 6.07) is 0. The van der Waals surface area contributed by atoms with Crippen LogP contribution in [0.2, 0.25) is 0 Å². The van der Waals surface area contributed by atoms with E-state index >= 15 is 0 Å². The standard InChI is InChI=1S/C8H14O4/c1-8(2)5-11-6(4-12-8)3-7(9)10/h6H,3-5H2,1-2H3,(H,9,10). The van der Waals surface area contributed by atoms with Crippen molar-refractivity contribution in [2.75, 3.05) is 13.2 Å². The Hall–Kier alpha value is -0.610. The van der Waals surface area contributed by atoms with Gasteiger partial charge in [0.05, 0.1) is 31.3 Å². The average Bonchev–Trinajstić information content (AvgIpc) is 1.93. The van der Waals surface area contributed by atoms with Crippen LogP contribution in [0.5, 0.6) is 0 Å². The lowest BCUT2D eigenvalue weighted by Gasteiger charge is -2.34. The Labute approximate surface area is 71.5 Å². The summed E-state index contributed by atoms with van der Waals surface area (Å²) >= 11 is 0. The van der Waals surface area contributed by atoms with Crippen molar-refractivity contribution in [2.45, 2.75) is 32.0 Å². The second-order valence-electron chi connectivity index (χ2n) is 3.60. The number of ether oxygens (including phenoxy) is 2. The van der Waals surface area contributed by atoms with Crippen molar-refractivity contribution in [3.8, 4) is 0 Å². The molecule has 1 N–H and O–H groups in total. The molecule has 4 heteroatoms. The lowest BCUT2D eigenvalue weighted by molar-refractivity contribution is -0.181. The summed E-state index contributed by atoms with van der Waals surface area (Å²) in [6.07, 6.45) is -0.258. The van der Waals surface area contributed by atoms with Crippen molar-refractivity contribution < 1.29 is 19.4 Å². The first kappa shape index (κ1) is 9.48. The van der Waals surface area contributed by atoms with Crippen LogP contribution in [0.4, 0.5) is 0 Å². The second-order valence-corrected chi connectivity index (χ2v) is 3.60. The summed E-state index contributed by atoms with van der Waals surface area (Å²) in [5, 5.41) is 8.46. The summed E-state index contributed by atoms with van der Waals surface area (Å²) in [4.78, 5) is 10.3. The SMILES string of the molecule is CC1(C)COC(CC(=O)O)CO1. The van der Waals surface area contributed by atoms with Gasteiger partial charge in [0, 0.05) is 0 Å². The fraction of sp³-hybridized carbons (Fsp3) is 0.875. The molecule has 1 unspecified atom stereocenters. The molecule has 12 heavy (non-hydrogen) atoms. The zero-order valence-electron chi connectivity index (χ0n) is 7.37. The molecule has 0 aromatic carbocycles. The minimum absolute atomic E-state index is 0.0239. The molecular formula is C8H14O4. The molecule has 0 spiro atoms. The molecule has 0 radical (unpaired) electrons. The molecule has 0 aromatic heterocycles. The summed E-state index contributed by atoms with van der Waals surface area (Å²) in [6.45, 7) is 4.68. The van der Waals surface area contributed by atoms with Gasteiger partial charge in [-0.3, -0.25) is 4.79 Å². The molecule has 4 nitrogen and oxygen atoms in total. The normalized spacial score (nSPS) is 28.3. The van der Waals surface area contributed by atoms with E-state index in [1.54, 1.807) is 0 Å². The average molecular weight is 174 g/mol. The maximum absolute atomic E-state index is 10.3. The van der Waals surface area contributed by atoms with Gasteiger partial charge in [0.2, 0.25) is 0 Å². The molecule has 0 amide bonds. The number of hydrogen-bond acceptors (Lipinski definition) is 3. The van der Waals surface area contributed by atoms with Crippen molar-refractivity contribution in [1.29, 1.82) is 0 Å². The number of rotatable bonds is 2. The van der Waals surface area contributed by atoms with Gasteiger partial charge in [-0.2, -0.15) is 0 Å². The Balaban J connectivity index is 2.31. The van der Waals surface area contributed by atoms with Gasteiger partial charge in [0.15, 0.2) is 0 Å². The van der Waals surface area contributed by atoms with Gasteiger partial charge in [-0.15, -0.1) is 0 Å². The first-order valence-electron chi connectivity index (χ1n) is 3.97. The third kappa shape index (κ3) is 2.79. The van der Waals surface area contributed by atoms with Gasteiger partial charge in [-0.25, -0.2) is 0 Å². The van der Waals surface area contributed by atoms with E-state index in [2.05, 4.69) is 0 Å². The van der Waals surface area contributed by atoms with Crippen LogP contribution in [0.25, 0.3) is 0 Å². The van der Waals surface area contributed by atoms with Crippen LogP contribution in [-0.2, 0) is 14.3 Å². The fourth-order valence-electron chi connectivity index (χ4n) is 1.04. The number of hydrogen-bond donors (Lipinski definition) is 1. The highest BCUT2D eigenvalue weighted by Gasteiger charge is 2.29. The van der Waals surface area contributed by atoms with Gasteiger partial charge < -0.3 is 14.6 Å². The number of carboxylic acid groups (broad SMARTS) is 1. The molecule has 0 saturated carbocycles. The van der Waals surface area contributed by atoms with Gasteiger partial charge in [0.1, 0.15) is 0 Å². The molecule has 1 saturated heterocycles. The molecule has 70 valence electrons. The topological polar surface area (TPSA) is 55.8 Å². The third-order valence-corrected chi connectivity index (χ3v) is 1.73. The minimum Gasteiger partial charge on any atom is -0.481 e. The van der Waals surface area contributed by atoms with Crippen LogP contribution in [-0.4, -0.2) is 36.0 Å². The monoisotopic (exact) mass is 174 g/mol. The first-order chi connectivity index (χ1) is 5.49. The predicted molar refractivity (Wildman–Crippen MR) is 42.0 cm³/mol. The second kappa shape index (κ2) is 3.41. The third-order valence-electron chi connectivity index (χ3n) is 1.73. The summed E-state index contributed by atoms with van der Waals surface area (Å²) < 4.78 is 10.7. The maximum Gasteiger partial charge on any atom is 0.306 e. The molecular weight excluding hydrogens is 160 g/mol. The van der Waals surface area contributed by atoms with E-state index in [9.17, 15) is 4.79 Å². The van der Waals surface area contributed by atoms with Crippen molar-refractivity contribution in [1.82, 2.24) is 0 Å². The summed E-state index contributed by atoms with van der Waals surface area (Å²) in [5.74, 6) is -0.844. The van der Waals surface area contributed by atoms with Crippen LogP contribution < -0.4 is 0 Å². The Morgan fingerprint density at radius 3 is 2.75 bits per heavy atom. The van der Waals surface area contributed by atoms with Crippen molar-refractivity contribution >= 4 is 5.97 Å². The molecule has 1 aliphatic rings. The first-order valence-corrected chi connectivity index (χ1v) is 3.97. The molecule has 0 bridgehead atoms. The zero-order chi connectivity index (χ0) is 9.19. The van der Waals surface area contributed by atoms with Crippen LogP contribution in [0.3, 0.4) is 0 Å². The van der Waals surface area contributed by atoms with Crippen molar-refractivity contribution in [2.24, 2.45) is 0 Å². The molecule has 1 fully saturated rings. The van der Waals surface area contributed by atoms with Gasteiger partial charge in [-0.05, 0) is 13.8 Å². The fourth-order valence-corrected chi connectivity index (χ4v) is 1.04. The molecule has 1 heterocycles. The number of carbonyl (C=O) groups is 1. The molecule has 1 rings (SSSR count). The van der Waals surface area contributed by atoms with Crippen LogP contribution in [0.1, 0.15) is 20.3 Å². The lowest BCUT2D eigenvalue weighted by Crippen LogP contribution is -2.43.